The van der Waals surface area contributed by atoms with Crippen LogP contribution in [-0.2, 0) is 11.3 Å². The Hall–Kier alpha value is -3.09. The molecule has 0 aliphatic carbocycles. The number of urea groups is 1. The van der Waals surface area contributed by atoms with Gasteiger partial charge in [0.2, 0.25) is 0 Å². The zero-order valence-electron chi connectivity index (χ0n) is 15.8. The maximum Gasteiger partial charge on any atom is 0.325 e. The van der Waals surface area contributed by atoms with E-state index in [0.29, 0.717) is 6.54 Å². The van der Waals surface area contributed by atoms with Crippen molar-refractivity contribution in [2.24, 2.45) is 4.99 Å². The second-order valence-corrected chi connectivity index (χ2v) is 7.65. The summed E-state index contributed by atoms with van der Waals surface area (Å²) in [6.45, 7) is 2.44. The van der Waals surface area contributed by atoms with Crippen molar-refractivity contribution in [1.82, 2.24) is 20.0 Å². The highest BCUT2D eigenvalue weighted by molar-refractivity contribution is 6.03. The topological polar surface area (TPSA) is 68.2 Å². The molecule has 0 radical (unpaired) electrons. The molecule has 0 spiro atoms. The normalized spacial score (nSPS) is 24.6. The molecular formula is C21H23N5O2. The molecule has 7 heteroatoms. The molecule has 1 N–H and O–H groups in total. The van der Waals surface area contributed by atoms with Gasteiger partial charge in [0.15, 0.2) is 18.2 Å². The van der Waals surface area contributed by atoms with Gasteiger partial charge in [-0.3, -0.25) is 10.1 Å². The van der Waals surface area contributed by atoms with Crippen LogP contribution in [0, 0.1) is 0 Å². The van der Waals surface area contributed by atoms with E-state index in [4.69, 9.17) is 4.99 Å². The van der Waals surface area contributed by atoms with Crippen LogP contribution in [0.3, 0.4) is 0 Å². The van der Waals surface area contributed by atoms with Crippen LogP contribution < -0.4 is 5.32 Å². The highest BCUT2D eigenvalue weighted by atomic mass is 16.2. The lowest BCUT2D eigenvalue weighted by Gasteiger charge is -2.37. The molecule has 3 aliphatic heterocycles. The van der Waals surface area contributed by atoms with Crippen LogP contribution in [0.1, 0.15) is 18.4 Å². The largest absolute Gasteiger partial charge is 0.343 e. The molecule has 3 aliphatic rings. The van der Waals surface area contributed by atoms with Gasteiger partial charge in [-0.15, -0.1) is 0 Å². The molecular weight excluding hydrogens is 354 g/mol. The first-order valence-electron chi connectivity index (χ1n) is 9.77. The summed E-state index contributed by atoms with van der Waals surface area (Å²) in [5, 5.41) is 4.83. The Morgan fingerprint density at radius 2 is 1.82 bits per heavy atom. The maximum atomic E-state index is 12.8. The first kappa shape index (κ1) is 17.0. The number of nitrogens with one attached hydrogen (secondary N) is 1. The molecule has 2 aromatic rings. The third-order valence-corrected chi connectivity index (χ3v) is 5.95. The number of likely N-dealkylation sites (tertiary alicyclic amines) is 1. The number of guanidine groups is 1. The maximum absolute atomic E-state index is 12.8. The number of amides is 3. The van der Waals surface area contributed by atoms with Gasteiger partial charge < -0.3 is 14.7 Å². The molecule has 2 fully saturated rings. The minimum atomic E-state index is -0.503. The second kappa shape index (κ2) is 6.51. The number of hydrogen-bond donors (Lipinski definition) is 1. The van der Waals surface area contributed by atoms with E-state index >= 15 is 0 Å². The Bertz CT molecular complexity index is 976. The molecule has 2 unspecified atom stereocenters. The van der Waals surface area contributed by atoms with E-state index in [9.17, 15) is 9.59 Å². The van der Waals surface area contributed by atoms with E-state index in [1.54, 1.807) is 7.05 Å². The molecule has 144 valence electrons. The molecule has 0 saturated carbocycles. The number of nitrogens with zero attached hydrogens (tertiary/aromatic N) is 4. The van der Waals surface area contributed by atoms with Crippen LogP contribution in [0.25, 0.3) is 10.8 Å². The molecule has 7 nitrogen and oxygen atoms in total. The van der Waals surface area contributed by atoms with E-state index < -0.39 is 12.2 Å². The van der Waals surface area contributed by atoms with E-state index in [2.05, 4.69) is 45.4 Å². The summed E-state index contributed by atoms with van der Waals surface area (Å²) >= 11 is 0. The summed E-state index contributed by atoms with van der Waals surface area (Å²) in [6.07, 6.45) is 1.77. The monoisotopic (exact) mass is 377 g/mol. The van der Waals surface area contributed by atoms with Crippen molar-refractivity contribution in [3.63, 3.8) is 0 Å². The lowest BCUT2D eigenvalue weighted by atomic mass is 10.0. The number of imide groups is 1. The molecule has 0 bridgehead atoms. The summed E-state index contributed by atoms with van der Waals surface area (Å²) in [7, 11) is 1.70. The summed E-state index contributed by atoms with van der Waals surface area (Å²) in [4.78, 5) is 35.6. The van der Waals surface area contributed by atoms with Crippen molar-refractivity contribution in [1.29, 1.82) is 0 Å². The molecule has 2 saturated heterocycles. The van der Waals surface area contributed by atoms with E-state index in [0.717, 1.165) is 37.5 Å². The number of fused-ring (bicyclic) bond motifs is 2. The minimum absolute atomic E-state index is 0.272. The fourth-order valence-corrected chi connectivity index (χ4v) is 4.47. The fraction of sp³-hybridized carbons (Fsp3) is 0.381. The average molecular weight is 377 g/mol. The minimum Gasteiger partial charge on any atom is -0.343 e. The first-order chi connectivity index (χ1) is 13.6. The Morgan fingerprint density at radius 3 is 2.64 bits per heavy atom. The lowest BCUT2D eigenvalue weighted by molar-refractivity contribution is -0.127. The number of likely N-dealkylation sites (N-methyl/N-ethyl adjacent to an activating group) is 1. The SMILES string of the molecule is CN1C(=O)NC(=O)C2C1N=C(N1CCCC1)N2Cc1cccc2ccccc12. The van der Waals surface area contributed by atoms with Gasteiger partial charge in [-0.25, -0.2) is 9.79 Å². The first-order valence-corrected chi connectivity index (χ1v) is 9.77. The fourth-order valence-electron chi connectivity index (χ4n) is 4.47. The van der Waals surface area contributed by atoms with Crippen LogP contribution in [0.5, 0.6) is 0 Å². The highest BCUT2D eigenvalue weighted by Gasteiger charge is 2.49. The summed E-state index contributed by atoms with van der Waals surface area (Å²) in [5.41, 5.74) is 1.15. The lowest BCUT2D eigenvalue weighted by Crippen LogP contribution is -2.64. The third kappa shape index (κ3) is 2.61. The Kier molecular flexibility index (Phi) is 3.96. The van der Waals surface area contributed by atoms with Crippen molar-refractivity contribution in [3.05, 3.63) is 48.0 Å². The number of carbonyl (C=O) groups is 2. The van der Waals surface area contributed by atoms with Gasteiger partial charge in [-0.1, -0.05) is 42.5 Å². The predicted molar refractivity (Wildman–Crippen MR) is 107 cm³/mol. The van der Waals surface area contributed by atoms with Gasteiger partial charge in [-0.2, -0.15) is 0 Å². The number of aliphatic imine (C=N–C) groups is 1. The molecule has 3 heterocycles. The van der Waals surface area contributed by atoms with Crippen LogP contribution in [0.2, 0.25) is 0 Å². The zero-order chi connectivity index (χ0) is 19.3. The van der Waals surface area contributed by atoms with Crippen LogP contribution in [0.15, 0.2) is 47.5 Å². The molecule has 5 rings (SSSR count). The van der Waals surface area contributed by atoms with Crippen molar-refractivity contribution < 1.29 is 9.59 Å². The molecule has 0 aromatic heterocycles. The van der Waals surface area contributed by atoms with E-state index in [-0.39, 0.29) is 11.9 Å². The van der Waals surface area contributed by atoms with Crippen LogP contribution in [0.4, 0.5) is 4.79 Å². The van der Waals surface area contributed by atoms with Gasteiger partial charge in [0.25, 0.3) is 5.91 Å². The average Bonchev–Trinajstić information content (AvgIpc) is 3.35. The molecule has 2 atom stereocenters. The van der Waals surface area contributed by atoms with Crippen molar-refractivity contribution in [3.8, 4) is 0 Å². The van der Waals surface area contributed by atoms with Crippen LogP contribution in [-0.4, -0.2) is 64.9 Å². The highest BCUT2D eigenvalue weighted by Crippen LogP contribution is 2.30. The number of benzene rings is 2. The predicted octanol–water partition coefficient (Wildman–Crippen LogP) is 1.98. The molecule has 3 amide bonds. The van der Waals surface area contributed by atoms with Crippen molar-refractivity contribution >= 4 is 28.7 Å². The van der Waals surface area contributed by atoms with Gasteiger partial charge in [0.05, 0.1) is 0 Å². The van der Waals surface area contributed by atoms with Gasteiger partial charge in [0, 0.05) is 26.7 Å². The molecule has 2 aromatic carbocycles. The Labute approximate surface area is 163 Å². The second-order valence-electron chi connectivity index (χ2n) is 7.65. The van der Waals surface area contributed by atoms with Gasteiger partial charge in [0.1, 0.15) is 0 Å². The van der Waals surface area contributed by atoms with Crippen molar-refractivity contribution in [2.45, 2.75) is 31.6 Å². The Balaban J connectivity index is 1.56. The standard InChI is InChI=1S/C21H23N5O2/c1-24-18-17(19(27)23-21(24)28)26(20(22-18)25-11-4-5-12-25)13-15-9-6-8-14-7-2-3-10-16(14)15/h2-3,6-10,17-18H,4-5,11-13H2,1H3,(H,23,27,28). The summed E-state index contributed by atoms with van der Waals surface area (Å²) in [5.74, 6) is 0.559. The number of hydrogen-bond acceptors (Lipinski definition) is 5. The van der Waals surface area contributed by atoms with Crippen molar-refractivity contribution in [2.75, 3.05) is 20.1 Å². The third-order valence-electron chi connectivity index (χ3n) is 5.95. The number of carbonyl (C=O) groups excluding carboxylic acids is 2. The van der Waals surface area contributed by atoms with Gasteiger partial charge in [-0.05, 0) is 29.2 Å². The summed E-state index contributed by atoms with van der Waals surface area (Å²) < 4.78 is 0. The Morgan fingerprint density at radius 1 is 1.07 bits per heavy atom. The van der Waals surface area contributed by atoms with E-state index in [1.165, 1.54) is 15.7 Å². The number of rotatable bonds is 2. The van der Waals surface area contributed by atoms with Crippen LogP contribution >= 0.6 is 0 Å². The van der Waals surface area contributed by atoms with Gasteiger partial charge >= 0.3 is 6.03 Å². The van der Waals surface area contributed by atoms with E-state index in [1.807, 2.05) is 12.1 Å². The summed E-state index contributed by atoms with van der Waals surface area (Å²) in [6, 6.07) is 13.6. The quantitative estimate of drug-likeness (QED) is 0.869. The smallest absolute Gasteiger partial charge is 0.325 e. The zero-order valence-corrected chi connectivity index (χ0v) is 15.8. The molecule has 28 heavy (non-hydrogen) atoms.